The molecule has 3 aromatic rings. The molecule has 1 aliphatic carbocycles. The molecule has 0 spiro atoms. The minimum Gasteiger partial charge on any atom is -0.293 e. The van der Waals surface area contributed by atoms with Crippen LogP contribution in [0, 0.1) is 0 Å². The van der Waals surface area contributed by atoms with E-state index in [0.29, 0.717) is 27.1 Å². The molecule has 1 fully saturated rings. The first kappa shape index (κ1) is 20.8. The minimum atomic E-state index is -0.451. The summed E-state index contributed by atoms with van der Waals surface area (Å²) in [5.74, 6) is 0.876. The Balaban J connectivity index is 1.78. The molecule has 2 heterocycles. The molecule has 0 bridgehead atoms. The van der Waals surface area contributed by atoms with Crippen LogP contribution >= 0.6 is 23.4 Å². The van der Waals surface area contributed by atoms with E-state index in [1.165, 1.54) is 23.4 Å². The number of hydrogen-bond acceptors (Lipinski definition) is 6. The zero-order chi connectivity index (χ0) is 21.4. The summed E-state index contributed by atoms with van der Waals surface area (Å²) in [6.07, 6.45) is 4.19. The van der Waals surface area contributed by atoms with Gasteiger partial charge in [-0.1, -0.05) is 36.2 Å². The Morgan fingerprint density at radius 2 is 1.77 bits per heavy atom. The fourth-order valence-corrected chi connectivity index (χ4v) is 4.81. The van der Waals surface area contributed by atoms with Crippen LogP contribution in [0.15, 0.2) is 38.9 Å². The molecule has 0 aliphatic heterocycles. The molecule has 1 aliphatic rings. The number of benzene rings is 1. The Morgan fingerprint density at radius 1 is 1.10 bits per heavy atom. The molecule has 7 nitrogen and oxygen atoms in total. The van der Waals surface area contributed by atoms with Crippen LogP contribution in [0.5, 0.6) is 0 Å². The molecule has 4 rings (SSSR count). The van der Waals surface area contributed by atoms with Crippen LogP contribution in [0.1, 0.15) is 47.8 Å². The van der Waals surface area contributed by atoms with Gasteiger partial charge in [-0.25, -0.2) is 14.8 Å². The summed E-state index contributed by atoms with van der Waals surface area (Å²) in [5.41, 5.74) is -0.0210. The lowest BCUT2D eigenvalue weighted by Crippen LogP contribution is -2.38. The Morgan fingerprint density at radius 3 is 2.43 bits per heavy atom. The highest BCUT2D eigenvalue weighted by Crippen LogP contribution is 2.34. The van der Waals surface area contributed by atoms with Gasteiger partial charge in [0.05, 0.1) is 5.75 Å². The number of fused-ring (bicyclic) bond motifs is 1. The molecule has 1 saturated carbocycles. The van der Waals surface area contributed by atoms with Crippen molar-refractivity contribution >= 4 is 40.2 Å². The van der Waals surface area contributed by atoms with Gasteiger partial charge in [-0.3, -0.25) is 18.7 Å². The molecule has 0 radical (unpaired) electrons. The van der Waals surface area contributed by atoms with E-state index in [1.54, 1.807) is 31.3 Å². The number of nitrogens with zero attached hydrogens (tertiary/aromatic N) is 4. The lowest BCUT2D eigenvalue weighted by atomic mass is 10.1. The predicted octanol–water partition coefficient (Wildman–Crippen LogP) is 3.31. The highest BCUT2D eigenvalue weighted by Gasteiger charge is 2.24. The summed E-state index contributed by atoms with van der Waals surface area (Å²) in [6, 6.07) is 6.69. The first-order valence-corrected chi connectivity index (χ1v) is 11.1. The number of hydrogen-bond donors (Lipinski definition) is 0. The zero-order valence-electron chi connectivity index (χ0n) is 16.7. The number of halogens is 1. The molecular formula is C21H21ClN4O3S. The topological polar surface area (TPSA) is 86.8 Å². The van der Waals surface area contributed by atoms with E-state index in [-0.39, 0.29) is 22.8 Å². The number of ketones is 1. The van der Waals surface area contributed by atoms with Gasteiger partial charge in [-0.2, -0.15) is 0 Å². The van der Waals surface area contributed by atoms with Crippen LogP contribution in [0.25, 0.3) is 11.0 Å². The molecule has 0 saturated heterocycles. The van der Waals surface area contributed by atoms with E-state index in [1.807, 2.05) is 0 Å². The third-order valence-electron chi connectivity index (χ3n) is 5.51. The van der Waals surface area contributed by atoms with Gasteiger partial charge in [0.25, 0.3) is 5.56 Å². The molecule has 0 N–H and O–H groups in total. The van der Waals surface area contributed by atoms with Gasteiger partial charge < -0.3 is 0 Å². The largest absolute Gasteiger partial charge is 0.332 e. The normalized spacial score (nSPS) is 14.5. The first-order valence-electron chi connectivity index (χ1n) is 9.76. The second-order valence-electron chi connectivity index (χ2n) is 7.49. The predicted molar refractivity (Wildman–Crippen MR) is 118 cm³/mol. The van der Waals surface area contributed by atoms with Crippen molar-refractivity contribution in [1.29, 1.82) is 0 Å². The highest BCUT2D eigenvalue weighted by atomic mass is 35.5. The van der Waals surface area contributed by atoms with Crippen LogP contribution in [-0.2, 0) is 14.1 Å². The van der Waals surface area contributed by atoms with E-state index in [2.05, 4.69) is 9.97 Å². The van der Waals surface area contributed by atoms with Gasteiger partial charge in [0, 0.05) is 30.6 Å². The maximum Gasteiger partial charge on any atom is 0.332 e. The zero-order valence-corrected chi connectivity index (χ0v) is 18.3. The van der Waals surface area contributed by atoms with E-state index < -0.39 is 11.2 Å². The number of carbonyl (C=O) groups excluding carboxylic acids is 1. The van der Waals surface area contributed by atoms with Crippen LogP contribution in [0.2, 0.25) is 5.02 Å². The molecule has 0 amide bonds. The number of rotatable bonds is 5. The van der Waals surface area contributed by atoms with Crippen molar-refractivity contribution in [2.24, 2.45) is 14.1 Å². The molecule has 0 atom stereocenters. The van der Waals surface area contributed by atoms with Gasteiger partial charge in [0.2, 0.25) is 0 Å². The average Bonchev–Trinajstić information content (AvgIpc) is 3.29. The molecule has 1 aromatic carbocycles. The Bertz CT molecular complexity index is 1240. The molecular weight excluding hydrogens is 424 g/mol. The standard InChI is InChI=1S/C21H21ClN4O3S/c1-25-18-16(20(28)26(2)21(25)29)19(24-17(23-18)13-5-3-4-6-13)30-11-15(27)12-7-9-14(22)10-8-12/h7-10,13H,3-6,11H2,1-2H3. The van der Waals surface area contributed by atoms with Crippen molar-refractivity contribution in [3.63, 3.8) is 0 Å². The fourth-order valence-electron chi connectivity index (χ4n) is 3.77. The third kappa shape index (κ3) is 3.81. The first-order chi connectivity index (χ1) is 14.4. The van der Waals surface area contributed by atoms with Crippen LogP contribution in [-0.4, -0.2) is 30.6 Å². The summed E-state index contributed by atoms with van der Waals surface area (Å²) in [4.78, 5) is 47.2. The Hall–Kier alpha value is -2.45. The minimum absolute atomic E-state index is 0.0903. The molecule has 2 aromatic heterocycles. The number of aryl methyl sites for hydroxylation is 1. The van der Waals surface area contributed by atoms with Gasteiger partial charge in [-0.15, -0.1) is 0 Å². The number of carbonyl (C=O) groups is 1. The molecule has 156 valence electrons. The number of Topliss-reactive ketones (excluding diaryl/α,β-unsaturated/α-hetero) is 1. The smallest absolute Gasteiger partial charge is 0.293 e. The van der Waals surface area contributed by atoms with Crippen molar-refractivity contribution in [3.8, 4) is 0 Å². The summed E-state index contributed by atoms with van der Waals surface area (Å²) in [6.45, 7) is 0. The van der Waals surface area contributed by atoms with Gasteiger partial charge in [-0.05, 0) is 37.1 Å². The summed E-state index contributed by atoms with van der Waals surface area (Å²) in [5, 5.41) is 1.28. The molecule has 9 heteroatoms. The van der Waals surface area contributed by atoms with Gasteiger partial charge >= 0.3 is 5.69 Å². The summed E-state index contributed by atoms with van der Waals surface area (Å²) >= 11 is 7.10. The van der Waals surface area contributed by atoms with E-state index >= 15 is 0 Å². The van der Waals surface area contributed by atoms with Crippen molar-refractivity contribution in [3.05, 3.63) is 61.5 Å². The van der Waals surface area contributed by atoms with Crippen LogP contribution in [0.4, 0.5) is 0 Å². The number of aromatic nitrogens is 4. The SMILES string of the molecule is Cn1c(=O)c2c(SCC(=O)c3ccc(Cl)cc3)nc(C3CCCC3)nc2n(C)c1=O. The summed E-state index contributed by atoms with van der Waals surface area (Å²) in [7, 11) is 3.03. The molecule has 30 heavy (non-hydrogen) atoms. The second-order valence-corrected chi connectivity index (χ2v) is 8.89. The van der Waals surface area contributed by atoms with Crippen LogP contribution < -0.4 is 11.2 Å². The third-order valence-corrected chi connectivity index (χ3v) is 6.74. The Kier molecular flexibility index (Phi) is 5.79. The van der Waals surface area contributed by atoms with E-state index in [9.17, 15) is 14.4 Å². The van der Waals surface area contributed by atoms with E-state index in [0.717, 1.165) is 30.3 Å². The lowest BCUT2D eigenvalue weighted by Gasteiger charge is -2.14. The molecule has 0 unspecified atom stereocenters. The quantitative estimate of drug-likeness (QED) is 0.341. The second kappa shape index (κ2) is 8.35. The average molecular weight is 445 g/mol. The maximum absolute atomic E-state index is 12.9. The monoisotopic (exact) mass is 444 g/mol. The van der Waals surface area contributed by atoms with Crippen LogP contribution in [0.3, 0.4) is 0 Å². The van der Waals surface area contributed by atoms with Crippen molar-refractivity contribution in [2.75, 3.05) is 5.75 Å². The fraction of sp³-hybridized carbons (Fsp3) is 0.381. The van der Waals surface area contributed by atoms with Crippen molar-refractivity contribution in [1.82, 2.24) is 19.1 Å². The van der Waals surface area contributed by atoms with Gasteiger partial charge in [0.1, 0.15) is 16.2 Å². The lowest BCUT2D eigenvalue weighted by molar-refractivity contribution is 0.102. The highest BCUT2D eigenvalue weighted by molar-refractivity contribution is 8.00. The van der Waals surface area contributed by atoms with Crippen molar-refractivity contribution < 1.29 is 4.79 Å². The van der Waals surface area contributed by atoms with Gasteiger partial charge in [0.15, 0.2) is 11.4 Å². The van der Waals surface area contributed by atoms with Crippen molar-refractivity contribution in [2.45, 2.75) is 36.6 Å². The summed E-state index contributed by atoms with van der Waals surface area (Å²) < 4.78 is 2.42. The Labute approximate surface area is 182 Å². The number of thioether (sulfide) groups is 1. The maximum atomic E-state index is 12.9. The van der Waals surface area contributed by atoms with E-state index in [4.69, 9.17) is 11.6 Å².